The van der Waals surface area contributed by atoms with Crippen LogP contribution in [0.2, 0.25) is 0 Å². The highest BCUT2D eigenvalue weighted by Crippen LogP contribution is 2.35. The molecule has 2 fully saturated rings. The van der Waals surface area contributed by atoms with E-state index in [1.54, 1.807) is 11.1 Å². The number of hydrogen-bond donors (Lipinski definition) is 1. The molecule has 1 heteroatoms. The third kappa shape index (κ3) is 2.52. The maximum atomic E-state index is 9.79. The summed E-state index contributed by atoms with van der Waals surface area (Å²) in [7, 11) is 0. The Kier molecular flexibility index (Phi) is 3.63. The Balaban J connectivity index is 2.10. The normalized spacial score (nSPS) is 31.1. The predicted octanol–water partition coefficient (Wildman–Crippen LogP) is 3.74. The van der Waals surface area contributed by atoms with Crippen LogP contribution in [0.1, 0.15) is 58.3 Å². The van der Waals surface area contributed by atoms with Crippen LogP contribution in [0.3, 0.4) is 0 Å². The van der Waals surface area contributed by atoms with Gasteiger partial charge < -0.3 is 5.11 Å². The highest BCUT2D eigenvalue weighted by Gasteiger charge is 2.21. The smallest absolute Gasteiger partial charge is 0.0756 e. The van der Waals surface area contributed by atoms with Gasteiger partial charge in [0.1, 0.15) is 0 Å². The van der Waals surface area contributed by atoms with Crippen LogP contribution in [-0.4, -0.2) is 11.2 Å². The van der Waals surface area contributed by atoms with Crippen LogP contribution < -0.4 is 0 Å². The van der Waals surface area contributed by atoms with Crippen molar-refractivity contribution in [3.05, 3.63) is 22.8 Å². The molecule has 2 saturated carbocycles. The zero-order valence-corrected chi connectivity index (χ0v) is 9.76. The zero-order valence-electron chi connectivity index (χ0n) is 9.76. The summed E-state index contributed by atoms with van der Waals surface area (Å²) >= 11 is 0. The lowest BCUT2D eigenvalue weighted by molar-refractivity contribution is 0.188. The van der Waals surface area contributed by atoms with E-state index in [2.05, 4.69) is 6.08 Å². The number of aliphatic hydroxyl groups excluding tert-OH is 1. The van der Waals surface area contributed by atoms with E-state index in [1.807, 2.05) is 6.92 Å². The fraction of sp³-hybridized carbons (Fsp3) is 0.714. The first-order valence-electron chi connectivity index (χ1n) is 6.34. The molecule has 0 heterocycles. The first-order valence-corrected chi connectivity index (χ1v) is 6.34. The van der Waals surface area contributed by atoms with Crippen molar-refractivity contribution in [2.24, 2.45) is 0 Å². The summed E-state index contributed by atoms with van der Waals surface area (Å²) in [6.07, 6.45) is 11.9. The summed E-state index contributed by atoms with van der Waals surface area (Å²) in [6.45, 7) is 2.05. The average molecular weight is 206 g/mol. The molecule has 0 amide bonds. The fourth-order valence-electron chi connectivity index (χ4n) is 2.88. The van der Waals surface area contributed by atoms with Gasteiger partial charge in [0.15, 0.2) is 0 Å². The Morgan fingerprint density at radius 3 is 2.47 bits per heavy atom. The second kappa shape index (κ2) is 4.98. The van der Waals surface area contributed by atoms with E-state index in [1.165, 1.54) is 37.7 Å². The van der Waals surface area contributed by atoms with Crippen LogP contribution in [0, 0.1) is 0 Å². The molecule has 2 aliphatic rings. The van der Waals surface area contributed by atoms with Gasteiger partial charge >= 0.3 is 0 Å². The molecular formula is C14H22O. The van der Waals surface area contributed by atoms with Crippen molar-refractivity contribution < 1.29 is 5.11 Å². The van der Waals surface area contributed by atoms with Crippen molar-refractivity contribution in [1.29, 1.82) is 0 Å². The van der Waals surface area contributed by atoms with E-state index in [-0.39, 0.29) is 6.10 Å². The topological polar surface area (TPSA) is 20.2 Å². The third-order valence-corrected chi connectivity index (χ3v) is 3.89. The maximum absolute atomic E-state index is 9.79. The molecule has 0 aromatic carbocycles. The molecule has 1 N–H and O–H groups in total. The molecule has 0 aliphatic heterocycles. The van der Waals surface area contributed by atoms with Gasteiger partial charge in [0.05, 0.1) is 6.10 Å². The molecule has 84 valence electrons. The summed E-state index contributed by atoms with van der Waals surface area (Å²) in [5.74, 6) is 0. The SMILES string of the molecule is C/C=C1\CC(=C2CCCCC2)CCC1O. The van der Waals surface area contributed by atoms with Gasteiger partial charge in [-0.15, -0.1) is 0 Å². The van der Waals surface area contributed by atoms with Crippen molar-refractivity contribution in [3.63, 3.8) is 0 Å². The highest BCUT2D eigenvalue weighted by molar-refractivity contribution is 5.27. The minimum Gasteiger partial charge on any atom is -0.389 e. The van der Waals surface area contributed by atoms with Gasteiger partial charge in [0.25, 0.3) is 0 Å². The molecule has 1 unspecified atom stereocenters. The van der Waals surface area contributed by atoms with Gasteiger partial charge in [0.2, 0.25) is 0 Å². The first-order chi connectivity index (χ1) is 7.31. The van der Waals surface area contributed by atoms with Crippen LogP contribution >= 0.6 is 0 Å². The van der Waals surface area contributed by atoms with E-state index in [4.69, 9.17) is 0 Å². The molecule has 2 rings (SSSR count). The molecule has 15 heavy (non-hydrogen) atoms. The number of aliphatic hydroxyl groups is 1. The van der Waals surface area contributed by atoms with E-state index >= 15 is 0 Å². The molecule has 0 aromatic rings. The lowest BCUT2D eigenvalue weighted by atomic mass is 9.81. The summed E-state index contributed by atoms with van der Waals surface area (Å²) < 4.78 is 0. The molecule has 0 aromatic heterocycles. The monoisotopic (exact) mass is 206 g/mol. The lowest BCUT2D eigenvalue weighted by Crippen LogP contribution is -2.17. The Labute approximate surface area is 92.9 Å². The Morgan fingerprint density at radius 1 is 1.07 bits per heavy atom. The molecule has 0 bridgehead atoms. The van der Waals surface area contributed by atoms with Crippen molar-refractivity contribution in [2.75, 3.05) is 0 Å². The minimum absolute atomic E-state index is 0.164. The van der Waals surface area contributed by atoms with Crippen molar-refractivity contribution in [2.45, 2.75) is 64.4 Å². The maximum Gasteiger partial charge on any atom is 0.0756 e. The Morgan fingerprint density at radius 2 is 1.80 bits per heavy atom. The van der Waals surface area contributed by atoms with Gasteiger partial charge in [0, 0.05) is 0 Å². The standard InChI is InChI=1S/C14H22O/c1-2-11-10-13(8-9-14(11)15)12-6-4-3-5-7-12/h2,14-15H,3-10H2,1H3/b11-2+. The number of rotatable bonds is 0. The average Bonchev–Trinajstić information content (AvgIpc) is 2.31. The van der Waals surface area contributed by atoms with E-state index < -0.39 is 0 Å². The summed E-state index contributed by atoms with van der Waals surface area (Å²) in [5.41, 5.74) is 4.61. The van der Waals surface area contributed by atoms with Gasteiger partial charge in [-0.05, 0) is 57.4 Å². The summed E-state index contributed by atoms with van der Waals surface area (Å²) in [6, 6.07) is 0. The second-order valence-electron chi connectivity index (χ2n) is 4.86. The summed E-state index contributed by atoms with van der Waals surface area (Å²) in [5, 5.41) is 9.79. The molecule has 0 radical (unpaired) electrons. The Bertz CT molecular complexity index is 278. The van der Waals surface area contributed by atoms with Gasteiger partial charge in [-0.2, -0.15) is 0 Å². The third-order valence-electron chi connectivity index (χ3n) is 3.89. The summed E-state index contributed by atoms with van der Waals surface area (Å²) in [4.78, 5) is 0. The van der Waals surface area contributed by atoms with Crippen LogP contribution in [0.5, 0.6) is 0 Å². The van der Waals surface area contributed by atoms with E-state index in [0.29, 0.717) is 0 Å². The Hall–Kier alpha value is -0.560. The highest BCUT2D eigenvalue weighted by atomic mass is 16.3. The molecule has 1 nitrogen and oxygen atoms in total. The van der Waals surface area contributed by atoms with Crippen LogP contribution in [-0.2, 0) is 0 Å². The number of allylic oxidation sites excluding steroid dienone is 3. The molecular weight excluding hydrogens is 184 g/mol. The van der Waals surface area contributed by atoms with E-state index in [0.717, 1.165) is 19.3 Å². The zero-order chi connectivity index (χ0) is 10.7. The number of hydrogen-bond acceptors (Lipinski definition) is 1. The predicted molar refractivity (Wildman–Crippen MR) is 63.7 cm³/mol. The van der Waals surface area contributed by atoms with Gasteiger partial charge in [-0.1, -0.05) is 23.6 Å². The van der Waals surface area contributed by atoms with Crippen LogP contribution in [0.15, 0.2) is 22.8 Å². The van der Waals surface area contributed by atoms with Gasteiger partial charge in [-0.3, -0.25) is 0 Å². The van der Waals surface area contributed by atoms with E-state index in [9.17, 15) is 5.11 Å². The lowest BCUT2D eigenvalue weighted by Gasteiger charge is -2.27. The molecule has 0 saturated heterocycles. The molecule has 2 aliphatic carbocycles. The van der Waals surface area contributed by atoms with Crippen molar-refractivity contribution in [3.8, 4) is 0 Å². The molecule has 1 atom stereocenters. The van der Waals surface area contributed by atoms with Crippen molar-refractivity contribution in [1.82, 2.24) is 0 Å². The minimum atomic E-state index is -0.164. The quantitative estimate of drug-likeness (QED) is 0.599. The van der Waals surface area contributed by atoms with Crippen molar-refractivity contribution >= 4 is 0 Å². The molecule has 0 spiro atoms. The largest absolute Gasteiger partial charge is 0.389 e. The van der Waals surface area contributed by atoms with Crippen LogP contribution in [0.4, 0.5) is 0 Å². The second-order valence-corrected chi connectivity index (χ2v) is 4.86. The fourth-order valence-corrected chi connectivity index (χ4v) is 2.88. The van der Waals surface area contributed by atoms with Gasteiger partial charge in [-0.25, -0.2) is 0 Å². The van der Waals surface area contributed by atoms with Crippen LogP contribution in [0.25, 0.3) is 0 Å². The first kappa shape index (κ1) is 10.9.